The third-order valence-corrected chi connectivity index (χ3v) is 12.6. The molecule has 0 aliphatic carbocycles. The second-order valence-corrected chi connectivity index (χ2v) is 18.8. The number of amides is 2. The normalized spacial score (nSPS) is 21.0. The number of phosphoric ester groups is 3. The fourth-order valence-electron chi connectivity index (χ4n) is 5.65. The van der Waals surface area contributed by atoms with Crippen molar-refractivity contribution in [2.24, 2.45) is 5.41 Å². The highest BCUT2D eigenvalue weighted by Crippen LogP contribution is 2.56. The van der Waals surface area contributed by atoms with Crippen LogP contribution in [0.5, 0.6) is 0 Å². The van der Waals surface area contributed by atoms with Crippen molar-refractivity contribution < 1.29 is 80.5 Å². The van der Waals surface area contributed by atoms with E-state index < -0.39 is 84.6 Å². The second kappa shape index (κ2) is 19.5. The summed E-state index contributed by atoms with van der Waals surface area (Å²) in [6, 6.07) is 12.9. The first-order valence-electron chi connectivity index (χ1n) is 17.5. The first-order valence-corrected chi connectivity index (χ1v) is 22.9. The van der Waals surface area contributed by atoms with Gasteiger partial charge in [0.2, 0.25) is 16.9 Å². The zero-order chi connectivity index (χ0) is 44.0. The average molecular weight is 918 g/mol. The largest absolute Gasteiger partial charge is 0.790 e. The molecule has 0 radical (unpaired) electrons. The summed E-state index contributed by atoms with van der Waals surface area (Å²) in [5.74, 6) is -1.30. The molecule has 2 unspecified atom stereocenters. The van der Waals surface area contributed by atoms with Gasteiger partial charge in [-0.2, -0.15) is 0 Å². The Kier molecular flexibility index (Phi) is 15.4. The van der Waals surface area contributed by atoms with Gasteiger partial charge >= 0.3 is 0 Å². The van der Waals surface area contributed by atoms with E-state index in [2.05, 4.69) is 43.5 Å². The average Bonchev–Trinajstić information content (AvgIpc) is 3.74. The van der Waals surface area contributed by atoms with E-state index in [9.17, 15) is 57.9 Å². The van der Waals surface area contributed by atoms with Crippen LogP contribution < -0.4 is 35.9 Å². The zero-order valence-electron chi connectivity index (χ0n) is 31.5. The number of carbonyl (C=O) groups excluding carboxylic acids is 3. The van der Waals surface area contributed by atoms with E-state index in [4.69, 9.17) is 10.5 Å². The van der Waals surface area contributed by atoms with Gasteiger partial charge in [0.05, 0.1) is 27.4 Å². The molecule has 6 N–H and O–H groups in total. The van der Waals surface area contributed by atoms with Crippen molar-refractivity contribution in [2.75, 3.05) is 37.8 Å². The van der Waals surface area contributed by atoms with Gasteiger partial charge < -0.3 is 69.0 Å². The molecule has 0 spiro atoms. The van der Waals surface area contributed by atoms with Crippen LogP contribution in [-0.2, 0) is 45.9 Å². The second-order valence-electron chi connectivity index (χ2n) is 13.7. The quantitative estimate of drug-likeness (QED) is 0.0503. The van der Waals surface area contributed by atoms with E-state index in [0.717, 1.165) is 39.8 Å². The van der Waals surface area contributed by atoms with E-state index in [0.29, 0.717) is 5.56 Å². The predicted octanol–water partition coefficient (Wildman–Crippen LogP) is -1.40. The highest BCUT2D eigenvalue weighted by molar-refractivity contribution is 8.14. The van der Waals surface area contributed by atoms with Crippen LogP contribution in [0.1, 0.15) is 36.9 Å². The monoisotopic (exact) mass is 917 g/mol. The molecule has 1 fully saturated rings. The van der Waals surface area contributed by atoms with E-state index in [1.54, 1.807) is 12.1 Å². The number of hydrogen-bond donors (Lipinski definition) is 5. The Labute approximate surface area is 344 Å². The number of benzene rings is 2. The van der Waals surface area contributed by atoms with Gasteiger partial charge in [-0.3, -0.25) is 28.1 Å². The SMILES string of the molecule is CC(C)(COP(=O)([O-])OP(=O)([O-])OC[C@H]1O[C@@H](n2cnc3c(N)ncnc32)[C@H](O)[C@@H]1OP(=O)([O-])[O-])[C@@H](O)C(=O)NCCC(=O)NCCSC(=O)c1ccc2ccccc2c1. The summed E-state index contributed by atoms with van der Waals surface area (Å²) >= 11 is 1.02. The van der Waals surface area contributed by atoms with Gasteiger partial charge in [-0.25, -0.2) is 19.3 Å². The van der Waals surface area contributed by atoms with E-state index in [1.165, 1.54) is 13.8 Å². The van der Waals surface area contributed by atoms with Crippen molar-refractivity contribution in [1.29, 1.82) is 0 Å². The Hall–Kier alpha value is -3.74. The summed E-state index contributed by atoms with van der Waals surface area (Å²) in [5.41, 5.74) is 4.57. The summed E-state index contributed by atoms with van der Waals surface area (Å²) in [6.45, 7) is 0.0277. The lowest BCUT2D eigenvalue weighted by molar-refractivity contribution is -0.347. The summed E-state index contributed by atoms with van der Waals surface area (Å²) in [7, 11) is -17.6. The molecule has 28 heteroatoms. The highest BCUT2D eigenvalue weighted by atomic mass is 32.2. The van der Waals surface area contributed by atoms with Crippen molar-refractivity contribution in [3.63, 3.8) is 0 Å². The molecule has 60 heavy (non-hydrogen) atoms. The Morgan fingerprint density at radius 1 is 1.00 bits per heavy atom. The number of aliphatic hydroxyl groups excluding tert-OH is 2. The zero-order valence-corrected chi connectivity index (χ0v) is 35.0. The standard InChI is InChI=1S/C32H42N7O17P3S/c1-32(2,26(42)29(43)35-10-9-22(40)34-11-12-60-31(44)20-8-7-18-5-3-4-6-19(18)13-20)15-53-59(50,51)56-58(48,49)52-14-21-25(55-57(45,46)47)24(41)30(54-21)39-17-38-23-27(33)36-16-37-28(23)39/h3-8,13,16-17,21,24-26,30,41-42H,9-12,14-15H2,1-2H3,(H,34,40)(H,35,43)(H,48,49)(H,50,51)(H2,33,36,37)(H2,45,46,47)/p-4/t21-,24-,25-,26+,30-/m1/s1. The minimum absolute atomic E-state index is 0.0234. The number of hydrogen-bond acceptors (Lipinski definition) is 22. The third-order valence-electron chi connectivity index (χ3n) is 8.70. The maximum absolute atomic E-state index is 12.6. The third kappa shape index (κ3) is 12.7. The van der Waals surface area contributed by atoms with Crippen LogP contribution in [0.15, 0.2) is 55.1 Å². The maximum atomic E-state index is 12.6. The molecule has 5 rings (SSSR count). The Bertz CT molecular complexity index is 2350. The number of rotatable bonds is 20. The number of thioether (sulfide) groups is 1. The molecule has 328 valence electrons. The topological polar surface area (TPSA) is 375 Å². The van der Waals surface area contributed by atoms with Crippen molar-refractivity contribution in [3.8, 4) is 0 Å². The molecule has 4 aromatic rings. The molecule has 24 nitrogen and oxygen atoms in total. The Balaban J connectivity index is 1.04. The van der Waals surface area contributed by atoms with Gasteiger partial charge in [0.1, 0.15) is 36.3 Å². The number of fused-ring (bicyclic) bond motifs is 2. The molecule has 1 aliphatic rings. The Morgan fingerprint density at radius 3 is 2.42 bits per heavy atom. The molecule has 1 saturated heterocycles. The molecule has 3 heterocycles. The number of nitrogens with one attached hydrogen (secondary N) is 2. The molecular formula is C32H38N7O17P3S-4. The summed E-state index contributed by atoms with van der Waals surface area (Å²) < 4.78 is 60.6. The number of aliphatic hydroxyl groups is 2. The molecule has 1 aliphatic heterocycles. The smallest absolute Gasteiger partial charge is 0.274 e. The molecule has 0 saturated carbocycles. The van der Waals surface area contributed by atoms with Crippen molar-refractivity contribution in [3.05, 3.63) is 60.7 Å². The number of imidazole rings is 1. The molecule has 2 aromatic carbocycles. The lowest BCUT2D eigenvalue weighted by atomic mass is 9.87. The van der Waals surface area contributed by atoms with Gasteiger partial charge in [0.15, 0.2) is 17.7 Å². The minimum atomic E-state index is -5.92. The Morgan fingerprint density at radius 2 is 1.70 bits per heavy atom. The van der Waals surface area contributed by atoms with Crippen molar-refractivity contribution >= 4 is 79.9 Å². The fourth-order valence-corrected chi connectivity index (χ4v) is 9.07. The van der Waals surface area contributed by atoms with Gasteiger partial charge in [-0.05, 0) is 22.9 Å². The summed E-state index contributed by atoms with van der Waals surface area (Å²) in [5, 5.41) is 28.1. The van der Waals surface area contributed by atoms with E-state index >= 15 is 0 Å². The fraction of sp³-hybridized carbons (Fsp3) is 0.438. The van der Waals surface area contributed by atoms with Crippen molar-refractivity contribution in [2.45, 2.75) is 50.9 Å². The predicted molar refractivity (Wildman–Crippen MR) is 201 cm³/mol. The summed E-state index contributed by atoms with van der Waals surface area (Å²) in [6.07, 6.45) is -7.63. The number of ether oxygens (including phenoxy) is 1. The van der Waals surface area contributed by atoms with Gasteiger partial charge in [-0.15, -0.1) is 0 Å². The number of aromatic nitrogens is 4. The number of carbonyl (C=O) groups is 3. The lowest BCUT2D eigenvalue weighted by Crippen LogP contribution is -2.46. The molecule has 0 bridgehead atoms. The van der Waals surface area contributed by atoms with Crippen LogP contribution in [0.2, 0.25) is 0 Å². The molecule has 2 amide bonds. The summed E-state index contributed by atoms with van der Waals surface area (Å²) in [4.78, 5) is 97.0. The first-order chi connectivity index (χ1) is 28.1. The number of nitrogens with two attached hydrogens (primary N) is 1. The number of phosphoric acid groups is 3. The number of nitrogens with zero attached hydrogens (tertiary/aromatic N) is 4. The molecule has 7 atom stereocenters. The van der Waals surface area contributed by atoms with Gasteiger partial charge in [0, 0.05) is 36.2 Å². The van der Waals surface area contributed by atoms with Gasteiger partial charge in [-0.1, -0.05) is 55.9 Å². The highest BCUT2D eigenvalue weighted by Gasteiger charge is 2.47. The van der Waals surface area contributed by atoms with Crippen LogP contribution in [0, 0.1) is 5.41 Å². The molecule has 2 aromatic heterocycles. The van der Waals surface area contributed by atoms with E-state index in [1.807, 2.05) is 30.3 Å². The van der Waals surface area contributed by atoms with Crippen LogP contribution in [0.3, 0.4) is 0 Å². The first kappa shape index (κ1) is 47.3. The van der Waals surface area contributed by atoms with Gasteiger partial charge in [0.25, 0.3) is 15.6 Å². The number of nitrogen functional groups attached to an aromatic ring is 1. The van der Waals surface area contributed by atoms with Crippen LogP contribution in [0.4, 0.5) is 5.82 Å². The number of anilines is 1. The van der Waals surface area contributed by atoms with Crippen LogP contribution >= 0.6 is 35.2 Å². The van der Waals surface area contributed by atoms with Crippen molar-refractivity contribution in [1.82, 2.24) is 30.2 Å². The maximum Gasteiger partial charge on any atom is 0.274 e. The minimum Gasteiger partial charge on any atom is -0.790 e. The van der Waals surface area contributed by atoms with E-state index in [-0.39, 0.29) is 47.4 Å². The molecular weight excluding hydrogens is 879 g/mol. The van der Waals surface area contributed by atoms with Crippen LogP contribution in [0.25, 0.3) is 21.9 Å². The van der Waals surface area contributed by atoms with Crippen LogP contribution in [-0.4, -0.2) is 103 Å². The lowest BCUT2D eigenvalue weighted by Gasteiger charge is -2.36.